The fraction of sp³-hybridized carbons (Fsp3) is 0.471. The Hall–Kier alpha value is -1.39. The minimum Gasteiger partial charge on any atom is -0.351 e. The number of rotatable bonds is 8. The normalized spacial score (nSPS) is 10.8. The van der Waals surface area contributed by atoms with Crippen LogP contribution in [0.1, 0.15) is 29.5 Å². The van der Waals surface area contributed by atoms with Crippen LogP contribution in [-0.4, -0.2) is 25.6 Å². The molecule has 0 bridgehead atoms. The fourth-order valence-corrected chi connectivity index (χ4v) is 3.41. The van der Waals surface area contributed by atoms with E-state index in [1.165, 1.54) is 16.1 Å². The summed E-state index contributed by atoms with van der Waals surface area (Å²) >= 11 is 1.82. The first-order chi connectivity index (χ1) is 10.2. The second-order valence-corrected chi connectivity index (χ2v) is 6.37. The summed E-state index contributed by atoms with van der Waals surface area (Å²) in [6.07, 6.45) is 3.27. The van der Waals surface area contributed by atoms with Crippen molar-refractivity contribution in [2.24, 2.45) is 0 Å². The summed E-state index contributed by atoms with van der Waals surface area (Å²) in [7, 11) is 4.13. The van der Waals surface area contributed by atoms with E-state index < -0.39 is 0 Å². The summed E-state index contributed by atoms with van der Waals surface area (Å²) in [4.78, 5) is 8.48. The SMILES string of the molecule is CCCc1nc(N(C)CCc2ccccc2)sc1CNC. The van der Waals surface area contributed by atoms with Crippen LogP contribution in [0, 0.1) is 0 Å². The highest BCUT2D eigenvalue weighted by atomic mass is 32.1. The summed E-state index contributed by atoms with van der Waals surface area (Å²) < 4.78 is 0. The maximum Gasteiger partial charge on any atom is 0.185 e. The van der Waals surface area contributed by atoms with Crippen molar-refractivity contribution in [3.8, 4) is 0 Å². The van der Waals surface area contributed by atoms with Crippen molar-refractivity contribution in [2.45, 2.75) is 32.7 Å². The fourth-order valence-electron chi connectivity index (χ4n) is 2.30. The Balaban J connectivity index is 2.01. The lowest BCUT2D eigenvalue weighted by Crippen LogP contribution is -2.20. The van der Waals surface area contributed by atoms with Gasteiger partial charge < -0.3 is 10.2 Å². The molecule has 0 aliphatic rings. The number of aromatic nitrogens is 1. The summed E-state index contributed by atoms with van der Waals surface area (Å²) in [5, 5.41) is 4.38. The Labute approximate surface area is 132 Å². The molecule has 0 aliphatic heterocycles. The van der Waals surface area contributed by atoms with E-state index >= 15 is 0 Å². The van der Waals surface area contributed by atoms with Crippen molar-refractivity contribution < 1.29 is 0 Å². The standard InChI is InChI=1S/C17H25N3S/c1-4-8-15-16(13-18-2)21-17(19-15)20(3)12-11-14-9-6-5-7-10-14/h5-7,9-10,18H,4,8,11-13H2,1-3H3. The van der Waals surface area contributed by atoms with Crippen LogP contribution >= 0.6 is 11.3 Å². The molecule has 1 N–H and O–H groups in total. The van der Waals surface area contributed by atoms with Gasteiger partial charge in [-0.05, 0) is 25.5 Å². The smallest absolute Gasteiger partial charge is 0.185 e. The molecule has 0 atom stereocenters. The number of benzene rings is 1. The van der Waals surface area contributed by atoms with Crippen LogP contribution in [0.2, 0.25) is 0 Å². The summed E-state index contributed by atoms with van der Waals surface area (Å²) in [6.45, 7) is 4.13. The summed E-state index contributed by atoms with van der Waals surface area (Å²) in [6, 6.07) is 10.6. The van der Waals surface area contributed by atoms with Crippen molar-refractivity contribution in [2.75, 3.05) is 25.5 Å². The predicted octanol–water partition coefficient (Wildman–Crippen LogP) is 3.49. The van der Waals surface area contributed by atoms with Gasteiger partial charge >= 0.3 is 0 Å². The van der Waals surface area contributed by atoms with Crippen molar-refractivity contribution in [1.82, 2.24) is 10.3 Å². The van der Waals surface area contributed by atoms with E-state index in [2.05, 4.69) is 54.5 Å². The Morgan fingerprint density at radius 2 is 1.95 bits per heavy atom. The molecule has 0 amide bonds. The number of nitrogens with one attached hydrogen (secondary N) is 1. The highest BCUT2D eigenvalue weighted by Gasteiger charge is 2.13. The molecule has 0 fully saturated rings. The molecule has 1 aromatic heterocycles. The zero-order valence-corrected chi connectivity index (χ0v) is 14.0. The van der Waals surface area contributed by atoms with E-state index in [1.54, 1.807) is 0 Å². The molecule has 21 heavy (non-hydrogen) atoms. The lowest BCUT2D eigenvalue weighted by molar-refractivity contribution is 0.795. The van der Waals surface area contributed by atoms with Gasteiger partial charge in [0.2, 0.25) is 0 Å². The second-order valence-electron chi connectivity index (χ2n) is 5.30. The van der Waals surface area contributed by atoms with Crippen molar-refractivity contribution in [3.63, 3.8) is 0 Å². The van der Waals surface area contributed by atoms with E-state index in [1.807, 2.05) is 18.4 Å². The molecular weight excluding hydrogens is 278 g/mol. The Bertz CT molecular complexity index is 513. The molecule has 1 heterocycles. The van der Waals surface area contributed by atoms with E-state index in [0.29, 0.717) is 0 Å². The first-order valence-electron chi connectivity index (χ1n) is 7.62. The maximum absolute atomic E-state index is 4.84. The van der Waals surface area contributed by atoms with Gasteiger partial charge in [-0.1, -0.05) is 43.7 Å². The third-order valence-corrected chi connectivity index (χ3v) is 4.71. The molecule has 0 saturated carbocycles. The highest BCUT2D eigenvalue weighted by Crippen LogP contribution is 2.26. The second kappa shape index (κ2) is 8.15. The maximum atomic E-state index is 4.84. The average Bonchev–Trinajstić information content (AvgIpc) is 2.90. The molecule has 0 spiro atoms. The summed E-state index contributed by atoms with van der Waals surface area (Å²) in [5.74, 6) is 0. The van der Waals surface area contributed by atoms with Crippen LogP contribution in [0.3, 0.4) is 0 Å². The number of anilines is 1. The molecular formula is C17H25N3S. The van der Waals surface area contributed by atoms with Gasteiger partial charge in [-0.2, -0.15) is 0 Å². The number of hydrogen-bond acceptors (Lipinski definition) is 4. The van der Waals surface area contributed by atoms with Crippen molar-refractivity contribution in [3.05, 3.63) is 46.5 Å². The number of aryl methyl sites for hydroxylation is 1. The van der Waals surface area contributed by atoms with Gasteiger partial charge in [0.1, 0.15) is 0 Å². The number of nitrogens with zero attached hydrogens (tertiary/aromatic N) is 2. The van der Waals surface area contributed by atoms with Crippen molar-refractivity contribution in [1.29, 1.82) is 0 Å². The van der Waals surface area contributed by atoms with Gasteiger partial charge in [0.15, 0.2) is 5.13 Å². The van der Waals surface area contributed by atoms with Crippen LogP contribution in [0.25, 0.3) is 0 Å². The van der Waals surface area contributed by atoms with Gasteiger partial charge in [0.05, 0.1) is 5.69 Å². The third-order valence-electron chi connectivity index (χ3n) is 3.50. The average molecular weight is 303 g/mol. The van der Waals surface area contributed by atoms with Gasteiger partial charge in [0.25, 0.3) is 0 Å². The Morgan fingerprint density at radius 3 is 2.62 bits per heavy atom. The minimum atomic E-state index is 0.916. The topological polar surface area (TPSA) is 28.2 Å². The van der Waals surface area contributed by atoms with Crippen LogP contribution in [0.15, 0.2) is 30.3 Å². The first kappa shape index (κ1) is 16.0. The molecule has 4 heteroatoms. The van der Waals surface area contributed by atoms with Gasteiger partial charge in [-0.25, -0.2) is 4.98 Å². The lowest BCUT2D eigenvalue weighted by Gasteiger charge is -2.15. The molecule has 0 unspecified atom stereocenters. The van der Waals surface area contributed by atoms with Gasteiger partial charge in [-0.15, -0.1) is 11.3 Å². The molecule has 3 nitrogen and oxygen atoms in total. The number of thiazole rings is 1. The molecule has 0 radical (unpaired) electrons. The van der Waals surface area contributed by atoms with E-state index in [4.69, 9.17) is 4.98 Å². The Morgan fingerprint density at radius 1 is 1.19 bits per heavy atom. The van der Waals surface area contributed by atoms with Gasteiger partial charge in [-0.3, -0.25) is 0 Å². The zero-order valence-electron chi connectivity index (χ0n) is 13.2. The monoisotopic (exact) mass is 303 g/mol. The molecule has 2 aromatic rings. The van der Waals surface area contributed by atoms with E-state index in [-0.39, 0.29) is 0 Å². The zero-order chi connectivity index (χ0) is 15.1. The number of likely N-dealkylation sites (N-methyl/N-ethyl adjacent to an activating group) is 1. The first-order valence-corrected chi connectivity index (χ1v) is 8.44. The largest absolute Gasteiger partial charge is 0.351 e. The van der Waals surface area contributed by atoms with Crippen LogP contribution in [0.4, 0.5) is 5.13 Å². The molecule has 1 aromatic carbocycles. The van der Waals surface area contributed by atoms with Gasteiger partial charge in [0, 0.05) is 25.0 Å². The van der Waals surface area contributed by atoms with Crippen LogP contribution in [0.5, 0.6) is 0 Å². The number of hydrogen-bond donors (Lipinski definition) is 1. The quantitative estimate of drug-likeness (QED) is 0.809. The van der Waals surface area contributed by atoms with Crippen molar-refractivity contribution >= 4 is 16.5 Å². The lowest BCUT2D eigenvalue weighted by atomic mass is 10.1. The molecule has 2 rings (SSSR count). The Kier molecular flexibility index (Phi) is 6.21. The third kappa shape index (κ3) is 4.55. The summed E-state index contributed by atoms with van der Waals surface area (Å²) in [5.41, 5.74) is 2.64. The highest BCUT2D eigenvalue weighted by molar-refractivity contribution is 7.15. The molecule has 0 saturated heterocycles. The predicted molar refractivity (Wildman–Crippen MR) is 92.3 cm³/mol. The minimum absolute atomic E-state index is 0.916. The van der Waals surface area contributed by atoms with E-state index in [9.17, 15) is 0 Å². The van der Waals surface area contributed by atoms with E-state index in [0.717, 1.165) is 37.5 Å². The molecule has 0 aliphatic carbocycles. The molecule has 114 valence electrons. The van der Waals surface area contributed by atoms with Crippen LogP contribution in [-0.2, 0) is 19.4 Å². The van der Waals surface area contributed by atoms with Crippen LogP contribution < -0.4 is 10.2 Å².